The molecular formula is C27H45N2O7P. The SMILES string of the molecule is CCCC(NC(=O)OCC(C)C)P(=O)(CC(C(C)C)[C@](N)(C(=O)O)C(=O)CCCc1ccccc1)OC. The van der Waals surface area contributed by atoms with Crippen LogP contribution in [0.2, 0.25) is 0 Å². The van der Waals surface area contributed by atoms with E-state index in [0.29, 0.717) is 25.7 Å². The van der Waals surface area contributed by atoms with E-state index in [-0.39, 0.29) is 25.1 Å². The van der Waals surface area contributed by atoms with Gasteiger partial charge in [0, 0.05) is 25.6 Å². The van der Waals surface area contributed by atoms with Crippen LogP contribution in [0.3, 0.4) is 0 Å². The van der Waals surface area contributed by atoms with E-state index in [1.165, 1.54) is 7.11 Å². The fourth-order valence-electron chi connectivity index (χ4n) is 4.33. The number of nitrogens with two attached hydrogens (primary N) is 1. The molecule has 0 saturated heterocycles. The van der Waals surface area contributed by atoms with Crippen molar-refractivity contribution in [2.24, 2.45) is 23.5 Å². The van der Waals surface area contributed by atoms with Gasteiger partial charge in [-0.05, 0) is 36.7 Å². The van der Waals surface area contributed by atoms with E-state index in [9.17, 15) is 24.1 Å². The first-order chi connectivity index (χ1) is 17.3. The summed E-state index contributed by atoms with van der Waals surface area (Å²) in [5, 5.41) is 12.8. The second kappa shape index (κ2) is 15.3. The van der Waals surface area contributed by atoms with Crippen LogP contribution in [0.25, 0.3) is 0 Å². The molecule has 9 nitrogen and oxygen atoms in total. The van der Waals surface area contributed by atoms with Gasteiger partial charge in [0.1, 0.15) is 5.78 Å². The molecule has 0 radical (unpaired) electrons. The summed E-state index contributed by atoms with van der Waals surface area (Å²) in [6, 6.07) is 9.58. The second-order valence-electron chi connectivity index (χ2n) is 10.3. The summed E-state index contributed by atoms with van der Waals surface area (Å²) in [5.41, 5.74) is 5.17. The largest absolute Gasteiger partial charge is 0.480 e. The Hall–Kier alpha value is -2.22. The third-order valence-electron chi connectivity index (χ3n) is 6.55. The molecule has 0 saturated carbocycles. The number of benzene rings is 1. The normalized spacial score (nSPS) is 16.5. The van der Waals surface area contributed by atoms with Crippen molar-refractivity contribution in [2.75, 3.05) is 19.9 Å². The number of nitrogens with one attached hydrogen (secondary N) is 1. The first-order valence-electron chi connectivity index (χ1n) is 13.0. The minimum absolute atomic E-state index is 0.0314. The van der Waals surface area contributed by atoms with E-state index in [2.05, 4.69) is 5.32 Å². The Bertz CT molecular complexity index is 923. The van der Waals surface area contributed by atoms with Crippen LogP contribution in [0, 0.1) is 17.8 Å². The molecule has 0 bridgehead atoms. The number of Topliss-reactive ketones (excluding diaryl/α,β-unsaturated/α-hetero) is 1. The molecule has 0 aliphatic carbocycles. The number of carbonyl (C=O) groups excluding carboxylic acids is 2. The summed E-state index contributed by atoms with van der Waals surface area (Å²) in [5.74, 6) is -4.26. The number of hydrogen-bond acceptors (Lipinski definition) is 7. The number of ether oxygens (including phenoxy) is 1. The zero-order valence-electron chi connectivity index (χ0n) is 23.1. The van der Waals surface area contributed by atoms with E-state index < -0.39 is 48.4 Å². The first-order valence-corrected chi connectivity index (χ1v) is 14.9. The van der Waals surface area contributed by atoms with Crippen LogP contribution in [-0.2, 0) is 29.8 Å². The molecule has 37 heavy (non-hydrogen) atoms. The molecule has 1 rings (SSSR count). The zero-order valence-corrected chi connectivity index (χ0v) is 24.0. The summed E-state index contributed by atoms with van der Waals surface area (Å²) in [6.45, 7) is 9.34. The number of carbonyl (C=O) groups is 3. The minimum Gasteiger partial charge on any atom is -0.480 e. The standard InChI is InChI=1S/C27H45N2O7P/c1-7-12-24(29-26(33)36-17-19(2)3)37(34,35-6)18-22(20(4)5)27(28,25(31)32)23(30)16-11-15-21-13-9-8-10-14-21/h8-10,13-14,19-20,22,24H,7,11-12,15-18,28H2,1-6H3,(H,29,33)(H,31,32)/t22?,24?,27-,37?/m1/s1. The Morgan fingerprint density at radius 1 is 1.14 bits per heavy atom. The highest BCUT2D eigenvalue weighted by atomic mass is 31.2. The maximum atomic E-state index is 14.1. The van der Waals surface area contributed by atoms with Crippen LogP contribution in [0.15, 0.2) is 30.3 Å². The number of alkyl carbamates (subject to hydrolysis) is 1. The van der Waals surface area contributed by atoms with Crippen LogP contribution in [-0.4, -0.2) is 54.2 Å². The molecule has 0 heterocycles. The monoisotopic (exact) mass is 540 g/mol. The Kier molecular flexibility index (Phi) is 13.5. The van der Waals surface area contributed by atoms with Gasteiger partial charge in [-0.2, -0.15) is 0 Å². The number of aryl methyl sites for hydroxylation is 1. The fourth-order valence-corrected chi connectivity index (χ4v) is 7.20. The summed E-state index contributed by atoms with van der Waals surface area (Å²) < 4.78 is 24.8. The van der Waals surface area contributed by atoms with Gasteiger partial charge < -0.3 is 25.4 Å². The molecule has 10 heteroatoms. The van der Waals surface area contributed by atoms with Crippen molar-refractivity contribution >= 4 is 25.2 Å². The van der Waals surface area contributed by atoms with Gasteiger partial charge in [0.25, 0.3) is 0 Å². The average molecular weight is 541 g/mol. The molecule has 0 spiro atoms. The Morgan fingerprint density at radius 3 is 2.24 bits per heavy atom. The number of hydrogen-bond donors (Lipinski definition) is 3. The lowest BCUT2D eigenvalue weighted by atomic mass is 9.74. The van der Waals surface area contributed by atoms with E-state index in [1.807, 2.05) is 51.1 Å². The highest BCUT2D eigenvalue weighted by molar-refractivity contribution is 7.59. The number of carboxylic acids is 1. The Balaban J connectivity index is 3.18. The molecule has 210 valence electrons. The van der Waals surface area contributed by atoms with Gasteiger partial charge in [-0.25, -0.2) is 9.59 Å². The van der Waals surface area contributed by atoms with Crippen LogP contribution < -0.4 is 11.1 Å². The number of rotatable bonds is 17. The zero-order chi connectivity index (χ0) is 28.2. The highest BCUT2D eigenvalue weighted by Crippen LogP contribution is 2.55. The van der Waals surface area contributed by atoms with Crippen molar-refractivity contribution in [2.45, 2.75) is 78.0 Å². The molecule has 4 N–H and O–H groups in total. The molecule has 0 fully saturated rings. The summed E-state index contributed by atoms with van der Waals surface area (Å²) in [7, 11) is -2.43. The Morgan fingerprint density at radius 2 is 1.76 bits per heavy atom. The van der Waals surface area contributed by atoms with Gasteiger partial charge in [-0.1, -0.05) is 71.4 Å². The lowest BCUT2D eigenvalue weighted by molar-refractivity contribution is -0.151. The third kappa shape index (κ3) is 9.55. The molecular weight excluding hydrogens is 495 g/mol. The highest BCUT2D eigenvalue weighted by Gasteiger charge is 2.53. The number of carboxylic acid groups (broad SMARTS) is 1. The van der Waals surface area contributed by atoms with Gasteiger partial charge in [0.15, 0.2) is 11.3 Å². The average Bonchev–Trinajstić information content (AvgIpc) is 2.85. The minimum atomic E-state index is -3.70. The van der Waals surface area contributed by atoms with Crippen LogP contribution in [0.5, 0.6) is 0 Å². The second-order valence-corrected chi connectivity index (χ2v) is 13.1. The van der Waals surface area contributed by atoms with Gasteiger partial charge in [-0.15, -0.1) is 0 Å². The number of ketones is 1. The maximum Gasteiger partial charge on any atom is 0.407 e. The predicted molar refractivity (Wildman–Crippen MR) is 145 cm³/mol. The molecule has 0 aromatic heterocycles. The first kappa shape index (κ1) is 32.8. The maximum absolute atomic E-state index is 14.1. The molecule has 0 aliphatic rings. The molecule has 4 atom stereocenters. The molecule has 1 aromatic carbocycles. The van der Waals surface area contributed by atoms with Crippen molar-refractivity contribution in [1.82, 2.24) is 5.32 Å². The van der Waals surface area contributed by atoms with Crippen LogP contribution >= 0.6 is 7.37 Å². The van der Waals surface area contributed by atoms with Crippen molar-refractivity contribution in [3.63, 3.8) is 0 Å². The quantitative estimate of drug-likeness (QED) is 0.184. The van der Waals surface area contributed by atoms with Crippen molar-refractivity contribution in [3.8, 4) is 0 Å². The number of aliphatic carboxylic acids is 1. The van der Waals surface area contributed by atoms with E-state index in [1.54, 1.807) is 13.8 Å². The third-order valence-corrected chi connectivity index (χ3v) is 9.40. The topological polar surface area (TPSA) is 145 Å². The molecule has 0 aliphatic heterocycles. The van der Waals surface area contributed by atoms with Crippen LogP contribution in [0.1, 0.15) is 65.9 Å². The van der Waals surface area contributed by atoms with E-state index >= 15 is 0 Å². The van der Waals surface area contributed by atoms with Gasteiger partial charge in [-0.3, -0.25) is 9.36 Å². The summed E-state index contributed by atoms with van der Waals surface area (Å²) in [6.07, 6.45) is 0.914. The Labute approximate surface area is 221 Å². The van der Waals surface area contributed by atoms with Crippen molar-refractivity contribution in [1.29, 1.82) is 0 Å². The molecule has 3 unspecified atom stereocenters. The lowest BCUT2D eigenvalue weighted by Crippen LogP contribution is -2.62. The molecule has 1 aromatic rings. The van der Waals surface area contributed by atoms with E-state index in [4.69, 9.17) is 15.0 Å². The van der Waals surface area contributed by atoms with Gasteiger partial charge >= 0.3 is 12.1 Å². The molecule has 1 amide bonds. The van der Waals surface area contributed by atoms with Gasteiger partial charge in [0.05, 0.1) is 6.61 Å². The van der Waals surface area contributed by atoms with Crippen molar-refractivity contribution in [3.05, 3.63) is 35.9 Å². The van der Waals surface area contributed by atoms with Gasteiger partial charge in [0.2, 0.25) is 7.37 Å². The van der Waals surface area contributed by atoms with E-state index in [0.717, 1.165) is 5.56 Å². The summed E-state index contributed by atoms with van der Waals surface area (Å²) in [4.78, 5) is 38.2. The fraction of sp³-hybridized carbons (Fsp3) is 0.667. The van der Waals surface area contributed by atoms with Crippen molar-refractivity contribution < 1.29 is 33.3 Å². The van der Waals surface area contributed by atoms with Crippen LogP contribution in [0.4, 0.5) is 4.79 Å². The number of amides is 1. The summed E-state index contributed by atoms with van der Waals surface area (Å²) >= 11 is 0. The smallest absolute Gasteiger partial charge is 0.407 e. The predicted octanol–water partition coefficient (Wildman–Crippen LogP) is 5.07. The lowest BCUT2D eigenvalue weighted by Gasteiger charge is -2.38.